The summed E-state index contributed by atoms with van der Waals surface area (Å²) in [5, 5.41) is 2.84. The van der Waals surface area contributed by atoms with E-state index >= 15 is 0 Å². The van der Waals surface area contributed by atoms with Crippen molar-refractivity contribution in [2.24, 2.45) is 0 Å². The summed E-state index contributed by atoms with van der Waals surface area (Å²) in [6.45, 7) is 2.66. The molecule has 0 radical (unpaired) electrons. The molecule has 0 aliphatic heterocycles. The van der Waals surface area contributed by atoms with Gasteiger partial charge in [-0.15, -0.1) is 0 Å². The summed E-state index contributed by atoms with van der Waals surface area (Å²) in [6.07, 6.45) is 10.3. The molecule has 0 aliphatic carbocycles. The Bertz CT molecular complexity index is 169. The lowest BCUT2D eigenvalue weighted by Gasteiger charge is -2.01. The van der Waals surface area contributed by atoms with Crippen LogP contribution in [-0.4, -0.2) is 24.5 Å². The van der Waals surface area contributed by atoms with Crippen molar-refractivity contribution in [2.75, 3.05) is 18.6 Å². The van der Waals surface area contributed by atoms with Crippen LogP contribution in [-0.2, 0) is 4.79 Å². The van der Waals surface area contributed by atoms with E-state index < -0.39 is 0 Å². The van der Waals surface area contributed by atoms with E-state index in [0.717, 1.165) is 13.0 Å². The molecular weight excluding hydrogens is 194 g/mol. The standard InChI is InChI=1S/C11H21NOS/c1-3-8-11(13)12-9-6-4-5-7-10-14-2/h3,8H,4-7,9-10H2,1-2H3,(H,12,13)/b8-3+. The van der Waals surface area contributed by atoms with E-state index in [9.17, 15) is 4.79 Å². The second kappa shape index (κ2) is 10.6. The second-order valence-electron chi connectivity index (χ2n) is 3.20. The van der Waals surface area contributed by atoms with Gasteiger partial charge in [-0.2, -0.15) is 11.8 Å². The number of carbonyl (C=O) groups excluding carboxylic acids is 1. The predicted octanol–water partition coefficient (Wildman–Crippen LogP) is 2.60. The molecule has 0 aromatic rings. The minimum absolute atomic E-state index is 0.0246. The summed E-state index contributed by atoms with van der Waals surface area (Å²) in [6, 6.07) is 0. The minimum Gasteiger partial charge on any atom is -0.353 e. The van der Waals surface area contributed by atoms with Gasteiger partial charge in [0.05, 0.1) is 0 Å². The fraction of sp³-hybridized carbons (Fsp3) is 0.727. The van der Waals surface area contributed by atoms with Crippen LogP contribution in [0.1, 0.15) is 32.6 Å². The Kier molecular flexibility index (Phi) is 10.3. The van der Waals surface area contributed by atoms with Gasteiger partial charge in [-0.05, 0) is 37.9 Å². The van der Waals surface area contributed by atoms with Crippen molar-refractivity contribution in [2.45, 2.75) is 32.6 Å². The maximum Gasteiger partial charge on any atom is 0.243 e. The third kappa shape index (κ3) is 9.65. The first-order valence-corrected chi connectivity index (χ1v) is 6.60. The van der Waals surface area contributed by atoms with Gasteiger partial charge in [-0.25, -0.2) is 0 Å². The van der Waals surface area contributed by atoms with Crippen LogP contribution >= 0.6 is 11.8 Å². The highest BCUT2D eigenvalue weighted by atomic mass is 32.2. The molecule has 2 nitrogen and oxygen atoms in total. The Morgan fingerprint density at radius 1 is 1.29 bits per heavy atom. The number of carbonyl (C=O) groups is 1. The van der Waals surface area contributed by atoms with Crippen molar-refractivity contribution < 1.29 is 4.79 Å². The maximum atomic E-state index is 11.0. The third-order valence-electron chi connectivity index (χ3n) is 1.89. The summed E-state index contributed by atoms with van der Waals surface area (Å²) in [5.74, 6) is 1.28. The highest BCUT2D eigenvalue weighted by Crippen LogP contribution is 2.03. The molecule has 1 N–H and O–H groups in total. The number of hydrogen-bond donors (Lipinski definition) is 1. The molecule has 0 spiro atoms. The van der Waals surface area contributed by atoms with Crippen molar-refractivity contribution >= 4 is 17.7 Å². The van der Waals surface area contributed by atoms with Gasteiger partial charge >= 0.3 is 0 Å². The van der Waals surface area contributed by atoms with Crippen molar-refractivity contribution in [3.05, 3.63) is 12.2 Å². The van der Waals surface area contributed by atoms with E-state index in [1.807, 2.05) is 18.7 Å². The molecule has 0 fully saturated rings. The molecule has 0 aliphatic rings. The molecule has 1 amide bonds. The molecule has 82 valence electrons. The van der Waals surface area contributed by atoms with E-state index in [-0.39, 0.29) is 5.91 Å². The van der Waals surface area contributed by atoms with Gasteiger partial charge in [-0.1, -0.05) is 18.9 Å². The predicted molar refractivity (Wildman–Crippen MR) is 64.7 cm³/mol. The molecule has 3 heteroatoms. The average molecular weight is 215 g/mol. The second-order valence-corrected chi connectivity index (χ2v) is 4.18. The normalized spacial score (nSPS) is 10.7. The summed E-state index contributed by atoms with van der Waals surface area (Å²) in [7, 11) is 0. The van der Waals surface area contributed by atoms with Crippen LogP contribution in [0.3, 0.4) is 0 Å². The quantitative estimate of drug-likeness (QED) is 0.498. The van der Waals surface area contributed by atoms with Gasteiger partial charge in [0.2, 0.25) is 5.91 Å². The molecule has 0 atom stereocenters. The largest absolute Gasteiger partial charge is 0.353 e. The zero-order chi connectivity index (χ0) is 10.6. The summed E-state index contributed by atoms with van der Waals surface area (Å²) in [5.41, 5.74) is 0. The van der Waals surface area contributed by atoms with Crippen molar-refractivity contribution in [1.29, 1.82) is 0 Å². The first-order valence-electron chi connectivity index (χ1n) is 5.20. The Balaban J connectivity index is 3.09. The van der Waals surface area contributed by atoms with Crippen LogP contribution in [0.4, 0.5) is 0 Å². The fourth-order valence-corrected chi connectivity index (χ4v) is 1.64. The number of rotatable bonds is 8. The lowest BCUT2D eigenvalue weighted by atomic mass is 10.2. The summed E-state index contributed by atoms with van der Waals surface area (Å²) < 4.78 is 0. The molecule has 0 saturated carbocycles. The van der Waals surface area contributed by atoms with E-state index in [4.69, 9.17) is 0 Å². The third-order valence-corrected chi connectivity index (χ3v) is 2.59. The number of allylic oxidation sites excluding steroid dienone is 1. The molecule has 0 saturated heterocycles. The van der Waals surface area contributed by atoms with Crippen molar-refractivity contribution in [1.82, 2.24) is 5.32 Å². The van der Waals surface area contributed by atoms with Crippen molar-refractivity contribution in [3.8, 4) is 0 Å². The van der Waals surface area contributed by atoms with E-state index in [0.29, 0.717) is 0 Å². The van der Waals surface area contributed by atoms with Gasteiger partial charge in [0.1, 0.15) is 0 Å². The molecule has 0 aromatic carbocycles. The highest BCUT2D eigenvalue weighted by Gasteiger charge is 1.93. The lowest BCUT2D eigenvalue weighted by molar-refractivity contribution is -0.116. The van der Waals surface area contributed by atoms with Crippen LogP contribution in [0.2, 0.25) is 0 Å². The maximum absolute atomic E-state index is 11.0. The fourth-order valence-electron chi connectivity index (χ4n) is 1.15. The first kappa shape index (κ1) is 13.6. The molecule has 0 heterocycles. The topological polar surface area (TPSA) is 29.1 Å². The Morgan fingerprint density at radius 2 is 2.00 bits per heavy atom. The average Bonchev–Trinajstić information content (AvgIpc) is 2.17. The number of unbranched alkanes of at least 4 members (excludes halogenated alkanes) is 3. The van der Waals surface area contributed by atoms with Gasteiger partial charge in [-0.3, -0.25) is 4.79 Å². The smallest absolute Gasteiger partial charge is 0.243 e. The van der Waals surface area contributed by atoms with Crippen LogP contribution in [0.15, 0.2) is 12.2 Å². The van der Waals surface area contributed by atoms with E-state index in [2.05, 4.69) is 11.6 Å². The molecule has 0 bridgehead atoms. The monoisotopic (exact) mass is 215 g/mol. The number of hydrogen-bond acceptors (Lipinski definition) is 2. The van der Waals surface area contributed by atoms with Gasteiger partial charge in [0.25, 0.3) is 0 Å². The SMILES string of the molecule is C/C=C/C(=O)NCCCCCCSC. The van der Waals surface area contributed by atoms with Crippen LogP contribution < -0.4 is 5.32 Å². The van der Waals surface area contributed by atoms with E-state index in [1.165, 1.54) is 25.0 Å². The van der Waals surface area contributed by atoms with Crippen LogP contribution in [0.5, 0.6) is 0 Å². The Morgan fingerprint density at radius 3 is 2.64 bits per heavy atom. The van der Waals surface area contributed by atoms with Gasteiger partial charge in [0.15, 0.2) is 0 Å². The number of amides is 1. The first-order chi connectivity index (χ1) is 6.81. The molecule has 14 heavy (non-hydrogen) atoms. The highest BCUT2D eigenvalue weighted by molar-refractivity contribution is 7.98. The molecule has 0 rings (SSSR count). The van der Waals surface area contributed by atoms with Crippen LogP contribution in [0.25, 0.3) is 0 Å². The van der Waals surface area contributed by atoms with E-state index in [1.54, 1.807) is 12.2 Å². The van der Waals surface area contributed by atoms with Crippen LogP contribution in [0, 0.1) is 0 Å². The molecular formula is C11H21NOS. The molecule has 0 aromatic heterocycles. The minimum atomic E-state index is 0.0246. The molecule has 0 unspecified atom stereocenters. The van der Waals surface area contributed by atoms with Gasteiger partial charge in [0, 0.05) is 6.54 Å². The number of thioether (sulfide) groups is 1. The van der Waals surface area contributed by atoms with Gasteiger partial charge < -0.3 is 5.32 Å². The summed E-state index contributed by atoms with van der Waals surface area (Å²) in [4.78, 5) is 11.0. The Hall–Kier alpha value is -0.440. The zero-order valence-electron chi connectivity index (χ0n) is 9.21. The van der Waals surface area contributed by atoms with Crippen molar-refractivity contribution in [3.63, 3.8) is 0 Å². The lowest BCUT2D eigenvalue weighted by Crippen LogP contribution is -2.21. The number of nitrogens with one attached hydrogen (secondary N) is 1. The Labute approximate surface area is 91.5 Å². The summed E-state index contributed by atoms with van der Waals surface area (Å²) >= 11 is 1.90. The zero-order valence-corrected chi connectivity index (χ0v) is 10.0.